The maximum absolute atomic E-state index is 5.68. The fraction of sp³-hybridized carbons (Fsp3) is 0.333. The van der Waals surface area contributed by atoms with Gasteiger partial charge in [-0.15, -0.1) is 0 Å². The molecule has 0 saturated carbocycles. The molecule has 2 heterocycles. The highest BCUT2D eigenvalue weighted by Gasteiger charge is 2.25. The van der Waals surface area contributed by atoms with Gasteiger partial charge in [-0.05, 0) is 18.1 Å². The molecule has 0 saturated heterocycles. The van der Waals surface area contributed by atoms with E-state index in [1.54, 1.807) is 0 Å². The Balaban J connectivity index is 1.78. The molecule has 2 aromatic rings. The number of hydrogen-bond acceptors (Lipinski definition) is 6. The topological polar surface area (TPSA) is 83.4 Å². The third kappa shape index (κ3) is 2.07. The monoisotopic (exact) mass is 247 g/mol. The summed E-state index contributed by atoms with van der Waals surface area (Å²) in [5, 5.41) is 3.93. The van der Waals surface area contributed by atoms with Crippen LogP contribution in [0.4, 0.5) is 0 Å². The lowest BCUT2D eigenvalue weighted by Crippen LogP contribution is -2.20. The van der Waals surface area contributed by atoms with Gasteiger partial charge in [0.05, 0.1) is 12.5 Å². The Bertz CT molecular complexity index is 541. The maximum atomic E-state index is 5.68. The quantitative estimate of drug-likeness (QED) is 0.820. The van der Waals surface area contributed by atoms with Gasteiger partial charge in [-0.2, -0.15) is 4.98 Å². The first-order valence-electron chi connectivity index (χ1n) is 5.71. The summed E-state index contributed by atoms with van der Waals surface area (Å²) in [6.07, 6.45) is 0.846. The van der Waals surface area contributed by atoms with Crippen LogP contribution in [0.5, 0.6) is 5.75 Å². The molecule has 1 atom stereocenters. The summed E-state index contributed by atoms with van der Waals surface area (Å²) in [5.74, 6) is 7.02. The van der Waals surface area contributed by atoms with E-state index in [0.717, 1.165) is 17.7 Å². The molecule has 0 radical (unpaired) electrons. The molecular formula is C12H13N3O3. The molecule has 18 heavy (non-hydrogen) atoms. The second-order valence-electron chi connectivity index (χ2n) is 4.18. The zero-order valence-electron chi connectivity index (χ0n) is 9.70. The highest BCUT2D eigenvalue weighted by atomic mass is 16.6. The van der Waals surface area contributed by atoms with Gasteiger partial charge in [-0.3, -0.25) is 4.84 Å². The largest absolute Gasteiger partial charge is 0.493 e. The Kier molecular flexibility index (Phi) is 2.95. The Morgan fingerprint density at radius 1 is 1.39 bits per heavy atom. The average Bonchev–Trinajstić information content (AvgIpc) is 2.87. The van der Waals surface area contributed by atoms with Crippen LogP contribution in [0.2, 0.25) is 0 Å². The van der Waals surface area contributed by atoms with E-state index in [-0.39, 0.29) is 12.5 Å². The van der Waals surface area contributed by atoms with E-state index in [0.29, 0.717) is 18.3 Å². The summed E-state index contributed by atoms with van der Waals surface area (Å²) in [4.78, 5) is 8.69. The van der Waals surface area contributed by atoms with Crippen LogP contribution in [0.25, 0.3) is 0 Å². The number of ether oxygens (including phenoxy) is 1. The standard InChI is InChI=1S/C12H13N3O3/c13-17-7-11-14-12(15-18-11)9-5-8-3-1-2-4-10(8)16-6-9/h1-4,9H,5-7,13H2. The van der Waals surface area contributed by atoms with Gasteiger partial charge in [-0.1, -0.05) is 23.4 Å². The molecule has 6 nitrogen and oxygen atoms in total. The lowest BCUT2D eigenvalue weighted by atomic mass is 9.96. The van der Waals surface area contributed by atoms with Crippen molar-refractivity contribution < 1.29 is 14.1 Å². The highest BCUT2D eigenvalue weighted by Crippen LogP contribution is 2.30. The van der Waals surface area contributed by atoms with Gasteiger partial charge >= 0.3 is 0 Å². The Morgan fingerprint density at radius 3 is 3.17 bits per heavy atom. The molecule has 0 bridgehead atoms. The number of aromatic nitrogens is 2. The maximum Gasteiger partial charge on any atom is 0.254 e. The number of nitrogens with two attached hydrogens (primary N) is 1. The van der Waals surface area contributed by atoms with E-state index in [1.165, 1.54) is 0 Å². The molecule has 1 aromatic heterocycles. The Labute approximate surface area is 104 Å². The van der Waals surface area contributed by atoms with Crippen molar-refractivity contribution in [2.75, 3.05) is 6.61 Å². The fourth-order valence-corrected chi connectivity index (χ4v) is 2.06. The molecule has 1 unspecified atom stereocenters. The van der Waals surface area contributed by atoms with Crippen LogP contribution in [0.1, 0.15) is 23.2 Å². The molecule has 0 aliphatic carbocycles. The zero-order valence-corrected chi connectivity index (χ0v) is 9.70. The first-order chi connectivity index (χ1) is 8.86. The molecule has 3 rings (SSSR count). The van der Waals surface area contributed by atoms with E-state index in [1.807, 2.05) is 24.3 Å². The molecular weight excluding hydrogens is 234 g/mol. The van der Waals surface area contributed by atoms with E-state index in [4.69, 9.17) is 15.2 Å². The number of rotatable bonds is 3. The lowest BCUT2D eigenvalue weighted by Gasteiger charge is -2.22. The Morgan fingerprint density at radius 2 is 2.28 bits per heavy atom. The number of fused-ring (bicyclic) bond motifs is 1. The molecule has 0 amide bonds. The van der Waals surface area contributed by atoms with Gasteiger partial charge in [0.25, 0.3) is 5.89 Å². The van der Waals surface area contributed by atoms with E-state index < -0.39 is 0 Å². The highest BCUT2D eigenvalue weighted by molar-refractivity contribution is 5.36. The van der Waals surface area contributed by atoms with E-state index in [2.05, 4.69) is 15.0 Å². The van der Waals surface area contributed by atoms with Crippen molar-refractivity contribution in [3.8, 4) is 5.75 Å². The van der Waals surface area contributed by atoms with Crippen LogP contribution in [-0.2, 0) is 17.9 Å². The first kappa shape index (κ1) is 11.2. The summed E-state index contributed by atoms with van der Waals surface area (Å²) in [6, 6.07) is 7.97. The SMILES string of the molecule is NOCc1nc(C2COc3ccccc3C2)no1. The molecule has 1 aliphatic rings. The van der Waals surface area contributed by atoms with Crippen LogP contribution in [-0.4, -0.2) is 16.7 Å². The minimum atomic E-state index is 0.107. The molecule has 0 fully saturated rings. The third-order valence-corrected chi connectivity index (χ3v) is 2.93. The summed E-state index contributed by atoms with van der Waals surface area (Å²) >= 11 is 0. The third-order valence-electron chi connectivity index (χ3n) is 2.93. The van der Waals surface area contributed by atoms with Gasteiger partial charge in [0.15, 0.2) is 5.82 Å². The van der Waals surface area contributed by atoms with Crippen LogP contribution in [0, 0.1) is 0 Å². The molecule has 1 aliphatic heterocycles. The van der Waals surface area contributed by atoms with Crippen molar-refractivity contribution in [2.45, 2.75) is 18.9 Å². The molecule has 94 valence electrons. The van der Waals surface area contributed by atoms with Crippen LogP contribution in [0.15, 0.2) is 28.8 Å². The van der Waals surface area contributed by atoms with Gasteiger partial charge in [0.1, 0.15) is 12.4 Å². The number of benzene rings is 1. The summed E-state index contributed by atoms with van der Waals surface area (Å²) in [5.41, 5.74) is 1.16. The van der Waals surface area contributed by atoms with Gasteiger partial charge in [0, 0.05) is 0 Å². The predicted molar refractivity (Wildman–Crippen MR) is 61.7 cm³/mol. The van der Waals surface area contributed by atoms with Crippen molar-refractivity contribution in [3.05, 3.63) is 41.5 Å². The zero-order chi connectivity index (χ0) is 12.4. The van der Waals surface area contributed by atoms with Gasteiger partial charge < -0.3 is 9.26 Å². The van der Waals surface area contributed by atoms with Crippen LogP contribution in [0.3, 0.4) is 0 Å². The Hall–Kier alpha value is -1.92. The van der Waals surface area contributed by atoms with Crippen molar-refractivity contribution in [1.82, 2.24) is 10.1 Å². The van der Waals surface area contributed by atoms with Crippen LogP contribution < -0.4 is 10.6 Å². The summed E-state index contributed by atoms with van der Waals surface area (Å²) < 4.78 is 10.7. The van der Waals surface area contributed by atoms with Crippen molar-refractivity contribution in [2.24, 2.45) is 5.90 Å². The number of para-hydroxylation sites is 1. The smallest absolute Gasteiger partial charge is 0.254 e. The van der Waals surface area contributed by atoms with Crippen LogP contribution >= 0.6 is 0 Å². The molecule has 1 aromatic carbocycles. The minimum Gasteiger partial charge on any atom is -0.493 e. The van der Waals surface area contributed by atoms with E-state index >= 15 is 0 Å². The summed E-state index contributed by atoms with van der Waals surface area (Å²) in [6.45, 7) is 0.677. The van der Waals surface area contributed by atoms with Crippen molar-refractivity contribution in [3.63, 3.8) is 0 Å². The number of nitrogens with zero attached hydrogens (tertiary/aromatic N) is 2. The fourth-order valence-electron chi connectivity index (χ4n) is 2.06. The van der Waals surface area contributed by atoms with Crippen molar-refractivity contribution in [1.29, 1.82) is 0 Å². The number of hydrogen-bond donors (Lipinski definition) is 1. The first-order valence-corrected chi connectivity index (χ1v) is 5.71. The normalized spacial score (nSPS) is 18.2. The minimum absolute atomic E-state index is 0.107. The van der Waals surface area contributed by atoms with Crippen molar-refractivity contribution >= 4 is 0 Å². The van der Waals surface area contributed by atoms with Gasteiger partial charge in [0.2, 0.25) is 0 Å². The lowest BCUT2D eigenvalue weighted by molar-refractivity contribution is 0.0995. The predicted octanol–water partition coefficient (Wildman–Crippen LogP) is 1.18. The van der Waals surface area contributed by atoms with Gasteiger partial charge in [-0.25, -0.2) is 5.90 Å². The molecule has 2 N–H and O–H groups in total. The molecule has 0 spiro atoms. The molecule has 6 heteroatoms. The average molecular weight is 247 g/mol. The summed E-state index contributed by atoms with van der Waals surface area (Å²) in [7, 11) is 0. The second-order valence-corrected chi connectivity index (χ2v) is 4.18. The second kappa shape index (κ2) is 4.75. The van der Waals surface area contributed by atoms with E-state index in [9.17, 15) is 0 Å².